The van der Waals surface area contributed by atoms with Crippen LogP contribution in [0.25, 0.3) is 10.1 Å². The van der Waals surface area contributed by atoms with Gasteiger partial charge in [-0.1, -0.05) is 63.9 Å². The third-order valence-corrected chi connectivity index (χ3v) is 6.15. The number of halogens is 2. The Hall–Kier alpha value is -2.47. The number of hydrogen-bond donors (Lipinski definition) is 0. The lowest BCUT2D eigenvalue weighted by Crippen LogP contribution is -2.08. The molecule has 0 bridgehead atoms. The molecule has 0 spiro atoms. The molecule has 0 aliphatic carbocycles. The maximum atomic E-state index is 12.7. The van der Waals surface area contributed by atoms with Crippen LogP contribution in [0.4, 0.5) is 5.69 Å². The van der Waals surface area contributed by atoms with Gasteiger partial charge < -0.3 is 4.74 Å². The van der Waals surface area contributed by atoms with Gasteiger partial charge >= 0.3 is 5.97 Å². The summed E-state index contributed by atoms with van der Waals surface area (Å²) in [7, 11) is 0. The van der Waals surface area contributed by atoms with Gasteiger partial charge in [-0.05, 0) is 36.4 Å². The van der Waals surface area contributed by atoms with E-state index in [1.54, 1.807) is 12.3 Å². The highest BCUT2D eigenvalue weighted by Gasteiger charge is 2.19. The fourth-order valence-electron chi connectivity index (χ4n) is 2.67. The first-order valence-corrected chi connectivity index (χ1v) is 10.4. The van der Waals surface area contributed by atoms with Gasteiger partial charge in [-0.25, -0.2) is 4.79 Å². The minimum Gasteiger partial charge on any atom is -0.422 e. The molecule has 3 nitrogen and oxygen atoms in total. The second kappa shape index (κ2) is 8.27. The average Bonchev–Trinajstić information content (AvgIpc) is 3.04. The van der Waals surface area contributed by atoms with Crippen LogP contribution in [-0.4, -0.2) is 12.2 Å². The molecule has 6 heteroatoms. The molecule has 0 amide bonds. The molecule has 0 atom stereocenters. The number of hydrogen-bond acceptors (Lipinski definition) is 4. The Bertz CT molecular complexity index is 1200. The number of para-hydroxylation sites is 1. The van der Waals surface area contributed by atoms with Crippen LogP contribution in [0.15, 0.2) is 82.3 Å². The maximum absolute atomic E-state index is 12.7. The number of rotatable bonds is 4. The molecule has 28 heavy (non-hydrogen) atoms. The quantitative estimate of drug-likeness (QED) is 0.178. The van der Waals surface area contributed by atoms with Crippen LogP contribution < -0.4 is 4.74 Å². The third-order valence-electron chi connectivity index (χ3n) is 4.00. The molecule has 0 aliphatic rings. The van der Waals surface area contributed by atoms with Crippen molar-refractivity contribution >= 4 is 66.8 Å². The summed E-state index contributed by atoms with van der Waals surface area (Å²) < 4.78 is 7.53. The Kier molecular flexibility index (Phi) is 5.57. The van der Waals surface area contributed by atoms with Crippen LogP contribution in [0.2, 0.25) is 5.02 Å². The molecule has 0 saturated carbocycles. The van der Waals surface area contributed by atoms with E-state index in [9.17, 15) is 4.79 Å². The summed E-state index contributed by atoms with van der Waals surface area (Å²) in [6.45, 7) is 0. The second-order valence-corrected chi connectivity index (χ2v) is 8.25. The van der Waals surface area contributed by atoms with Gasteiger partial charge in [0.25, 0.3) is 0 Å². The number of carbonyl (C=O) groups is 1. The van der Waals surface area contributed by atoms with Gasteiger partial charge in [0.2, 0.25) is 0 Å². The number of fused-ring (bicyclic) bond motifs is 1. The number of aliphatic imine (C=N–C) groups is 1. The van der Waals surface area contributed by atoms with Crippen LogP contribution in [0.1, 0.15) is 15.2 Å². The van der Waals surface area contributed by atoms with Crippen molar-refractivity contribution in [1.82, 2.24) is 0 Å². The van der Waals surface area contributed by atoms with Gasteiger partial charge in [-0.2, -0.15) is 0 Å². The van der Waals surface area contributed by atoms with E-state index in [0.717, 1.165) is 20.2 Å². The van der Waals surface area contributed by atoms with E-state index in [1.165, 1.54) is 11.3 Å². The average molecular weight is 471 g/mol. The smallest absolute Gasteiger partial charge is 0.355 e. The number of thiophene rings is 1. The predicted molar refractivity (Wildman–Crippen MR) is 120 cm³/mol. The Morgan fingerprint density at radius 1 is 1.04 bits per heavy atom. The van der Waals surface area contributed by atoms with E-state index in [1.807, 2.05) is 66.7 Å². The van der Waals surface area contributed by atoms with Crippen molar-refractivity contribution in [3.63, 3.8) is 0 Å². The highest BCUT2D eigenvalue weighted by molar-refractivity contribution is 9.10. The van der Waals surface area contributed by atoms with Crippen molar-refractivity contribution in [3.8, 4) is 5.75 Å². The number of carbonyl (C=O) groups excluding carboxylic acids is 1. The summed E-state index contributed by atoms with van der Waals surface area (Å²) in [5.74, 6) is -0.0470. The highest BCUT2D eigenvalue weighted by Crippen LogP contribution is 2.36. The van der Waals surface area contributed by atoms with Gasteiger partial charge in [0.1, 0.15) is 10.6 Å². The van der Waals surface area contributed by atoms with Crippen LogP contribution in [0.5, 0.6) is 5.75 Å². The zero-order valence-electron chi connectivity index (χ0n) is 14.4. The topological polar surface area (TPSA) is 38.7 Å². The van der Waals surface area contributed by atoms with Crippen molar-refractivity contribution in [2.45, 2.75) is 0 Å². The van der Waals surface area contributed by atoms with Crippen molar-refractivity contribution in [1.29, 1.82) is 0 Å². The van der Waals surface area contributed by atoms with Crippen LogP contribution in [0, 0.1) is 0 Å². The Labute approximate surface area is 179 Å². The van der Waals surface area contributed by atoms with Crippen LogP contribution in [-0.2, 0) is 0 Å². The Morgan fingerprint density at radius 3 is 2.64 bits per heavy atom. The molecule has 4 aromatic rings. The largest absolute Gasteiger partial charge is 0.422 e. The van der Waals surface area contributed by atoms with E-state index >= 15 is 0 Å². The van der Waals surface area contributed by atoms with Crippen LogP contribution >= 0.6 is 38.9 Å². The molecule has 1 heterocycles. The van der Waals surface area contributed by atoms with E-state index in [0.29, 0.717) is 21.2 Å². The molecular weight excluding hydrogens is 458 g/mol. The fourth-order valence-corrected chi connectivity index (χ4v) is 4.44. The molecule has 0 saturated heterocycles. The minimum atomic E-state index is -0.477. The summed E-state index contributed by atoms with van der Waals surface area (Å²) in [6, 6.07) is 22.5. The summed E-state index contributed by atoms with van der Waals surface area (Å²) in [6.07, 6.45) is 1.68. The molecule has 0 fully saturated rings. The number of nitrogens with zero attached hydrogens (tertiary/aromatic N) is 1. The van der Waals surface area contributed by atoms with Gasteiger partial charge in [0.05, 0.1) is 10.7 Å². The van der Waals surface area contributed by atoms with E-state index < -0.39 is 5.97 Å². The first-order chi connectivity index (χ1) is 13.6. The molecular formula is C22H13BrClNO2S. The monoisotopic (exact) mass is 469 g/mol. The van der Waals surface area contributed by atoms with E-state index in [2.05, 4.69) is 20.9 Å². The molecule has 1 aromatic heterocycles. The van der Waals surface area contributed by atoms with Crippen molar-refractivity contribution in [2.75, 3.05) is 0 Å². The number of ether oxygens (including phenoxy) is 1. The van der Waals surface area contributed by atoms with Gasteiger partial charge in [0.15, 0.2) is 0 Å². The molecule has 0 radical (unpaired) electrons. The summed E-state index contributed by atoms with van der Waals surface area (Å²) in [5, 5.41) is 1.27. The van der Waals surface area contributed by atoms with Crippen molar-refractivity contribution in [3.05, 3.63) is 92.7 Å². The normalized spacial score (nSPS) is 11.2. The predicted octanol–water partition coefficient (Wildman–Crippen LogP) is 7.29. The van der Waals surface area contributed by atoms with Gasteiger partial charge in [-0.15, -0.1) is 11.3 Å². The SMILES string of the molecule is O=C(Oc1ccccc1C=Nc1cccc(Br)c1)c1sc2ccccc2c1Cl. The molecule has 0 unspecified atom stereocenters. The molecule has 138 valence electrons. The van der Waals surface area contributed by atoms with Crippen molar-refractivity contribution < 1.29 is 9.53 Å². The maximum Gasteiger partial charge on any atom is 0.355 e. The zero-order chi connectivity index (χ0) is 19.5. The molecule has 0 aliphatic heterocycles. The lowest BCUT2D eigenvalue weighted by molar-refractivity contribution is 0.0740. The summed E-state index contributed by atoms with van der Waals surface area (Å²) in [4.78, 5) is 17.6. The minimum absolute atomic E-state index is 0.390. The highest BCUT2D eigenvalue weighted by atomic mass is 79.9. The summed E-state index contributed by atoms with van der Waals surface area (Å²) >= 11 is 11.1. The van der Waals surface area contributed by atoms with E-state index in [4.69, 9.17) is 16.3 Å². The molecule has 4 rings (SSSR count). The Morgan fingerprint density at radius 2 is 1.82 bits per heavy atom. The molecule has 3 aromatic carbocycles. The third kappa shape index (κ3) is 4.02. The van der Waals surface area contributed by atoms with Gasteiger partial charge in [0, 0.05) is 26.3 Å². The standard InChI is InChI=1S/C22H13BrClNO2S/c23-15-7-5-8-16(12-15)25-13-14-6-1-3-10-18(14)27-22(26)21-20(24)17-9-2-4-11-19(17)28-21/h1-13H. The van der Waals surface area contributed by atoms with E-state index in [-0.39, 0.29) is 0 Å². The fraction of sp³-hybridized carbons (Fsp3) is 0. The lowest BCUT2D eigenvalue weighted by Gasteiger charge is -2.06. The summed E-state index contributed by atoms with van der Waals surface area (Å²) in [5.41, 5.74) is 1.50. The first kappa shape index (κ1) is 18.9. The van der Waals surface area contributed by atoms with Crippen molar-refractivity contribution in [2.24, 2.45) is 4.99 Å². The van der Waals surface area contributed by atoms with Gasteiger partial charge in [-0.3, -0.25) is 4.99 Å². The number of esters is 1. The second-order valence-electron chi connectivity index (χ2n) is 5.91. The zero-order valence-corrected chi connectivity index (χ0v) is 17.6. The Balaban J connectivity index is 1.61. The lowest BCUT2D eigenvalue weighted by atomic mass is 10.2. The van der Waals surface area contributed by atoms with Crippen LogP contribution in [0.3, 0.4) is 0 Å². The molecule has 0 N–H and O–H groups in total. The number of benzene rings is 3. The first-order valence-electron chi connectivity index (χ1n) is 8.40.